The van der Waals surface area contributed by atoms with Gasteiger partial charge in [-0.1, -0.05) is 12.8 Å². The van der Waals surface area contributed by atoms with Gasteiger partial charge in [0, 0.05) is 12.6 Å². The second-order valence-electron chi connectivity index (χ2n) is 5.01. The topological polar surface area (TPSA) is 15.3 Å². The van der Waals surface area contributed by atoms with Crippen molar-refractivity contribution in [2.45, 2.75) is 45.1 Å². The zero-order valence-electron chi connectivity index (χ0n) is 9.47. The standard InChI is InChI=1S/C12H24N2/c1-11-12(6-7-13-11)10-14-8-4-2-3-5-9-14/h11-13H,2-10H2,1H3. The maximum atomic E-state index is 3.55. The normalized spacial score (nSPS) is 35.8. The van der Waals surface area contributed by atoms with E-state index in [1.54, 1.807) is 0 Å². The number of nitrogens with one attached hydrogen (secondary N) is 1. The summed E-state index contributed by atoms with van der Waals surface area (Å²) < 4.78 is 0. The molecule has 1 N–H and O–H groups in total. The third-order valence-electron chi connectivity index (χ3n) is 3.88. The number of hydrogen-bond donors (Lipinski definition) is 1. The molecule has 0 aromatic rings. The second-order valence-corrected chi connectivity index (χ2v) is 5.01. The average molecular weight is 196 g/mol. The van der Waals surface area contributed by atoms with E-state index in [0.29, 0.717) is 0 Å². The molecule has 2 aliphatic rings. The maximum Gasteiger partial charge on any atom is 0.00796 e. The van der Waals surface area contributed by atoms with Crippen LogP contribution < -0.4 is 5.32 Å². The lowest BCUT2D eigenvalue weighted by atomic mass is 10.0. The number of rotatable bonds is 2. The third kappa shape index (κ3) is 2.71. The molecule has 0 spiro atoms. The van der Waals surface area contributed by atoms with Crippen LogP contribution >= 0.6 is 0 Å². The minimum atomic E-state index is 0.748. The lowest BCUT2D eigenvalue weighted by molar-refractivity contribution is 0.231. The maximum absolute atomic E-state index is 3.55. The van der Waals surface area contributed by atoms with Crippen molar-refractivity contribution in [1.82, 2.24) is 10.2 Å². The van der Waals surface area contributed by atoms with E-state index >= 15 is 0 Å². The monoisotopic (exact) mass is 196 g/mol. The molecular weight excluding hydrogens is 172 g/mol. The van der Waals surface area contributed by atoms with Gasteiger partial charge < -0.3 is 10.2 Å². The first-order valence-electron chi connectivity index (χ1n) is 6.32. The van der Waals surface area contributed by atoms with E-state index in [0.717, 1.165) is 12.0 Å². The van der Waals surface area contributed by atoms with Crippen molar-refractivity contribution in [2.24, 2.45) is 5.92 Å². The Morgan fingerprint density at radius 3 is 2.43 bits per heavy atom. The van der Waals surface area contributed by atoms with Crippen LogP contribution in [0.25, 0.3) is 0 Å². The van der Waals surface area contributed by atoms with Gasteiger partial charge >= 0.3 is 0 Å². The van der Waals surface area contributed by atoms with Crippen LogP contribution in [-0.4, -0.2) is 37.1 Å². The molecule has 0 aliphatic carbocycles. The van der Waals surface area contributed by atoms with Gasteiger partial charge in [-0.3, -0.25) is 0 Å². The largest absolute Gasteiger partial charge is 0.314 e. The summed E-state index contributed by atoms with van der Waals surface area (Å²) in [5.41, 5.74) is 0. The highest BCUT2D eigenvalue weighted by Gasteiger charge is 2.24. The summed E-state index contributed by atoms with van der Waals surface area (Å²) in [6.07, 6.45) is 7.14. The van der Waals surface area contributed by atoms with Crippen molar-refractivity contribution in [1.29, 1.82) is 0 Å². The van der Waals surface area contributed by atoms with Gasteiger partial charge in [-0.15, -0.1) is 0 Å². The van der Waals surface area contributed by atoms with Crippen LogP contribution in [0.3, 0.4) is 0 Å². The van der Waals surface area contributed by atoms with Crippen LogP contribution in [0.2, 0.25) is 0 Å². The van der Waals surface area contributed by atoms with Gasteiger partial charge in [0.2, 0.25) is 0 Å². The zero-order chi connectivity index (χ0) is 9.80. The fourth-order valence-corrected chi connectivity index (χ4v) is 2.81. The first-order chi connectivity index (χ1) is 6.86. The molecule has 2 unspecified atom stereocenters. The molecule has 2 heteroatoms. The summed E-state index contributed by atoms with van der Waals surface area (Å²) >= 11 is 0. The Balaban J connectivity index is 1.77. The SMILES string of the molecule is CC1NCCC1CN1CCCCCC1. The summed E-state index contributed by atoms with van der Waals surface area (Å²) in [5.74, 6) is 0.910. The molecule has 0 aromatic heterocycles. The smallest absolute Gasteiger partial charge is 0.00796 e. The Morgan fingerprint density at radius 2 is 1.86 bits per heavy atom. The number of hydrogen-bond acceptors (Lipinski definition) is 2. The highest BCUT2D eigenvalue weighted by atomic mass is 15.1. The Morgan fingerprint density at radius 1 is 1.14 bits per heavy atom. The van der Waals surface area contributed by atoms with Crippen LogP contribution in [0.5, 0.6) is 0 Å². The highest BCUT2D eigenvalue weighted by molar-refractivity contribution is 4.82. The van der Waals surface area contributed by atoms with E-state index < -0.39 is 0 Å². The van der Waals surface area contributed by atoms with Crippen LogP contribution in [0.15, 0.2) is 0 Å². The molecule has 0 radical (unpaired) electrons. The minimum absolute atomic E-state index is 0.748. The summed E-state index contributed by atoms with van der Waals surface area (Å²) in [6.45, 7) is 7.62. The van der Waals surface area contributed by atoms with Crippen molar-refractivity contribution in [2.75, 3.05) is 26.2 Å². The van der Waals surface area contributed by atoms with Crippen LogP contribution in [0.1, 0.15) is 39.0 Å². The van der Waals surface area contributed by atoms with Crippen molar-refractivity contribution in [3.8, 4) is 0 Å². The second kappa shape index (κ2) is 5.13. The predicted molar refractivity (Wildman–Crippen MR) is 60.5 cm³/mol. The average Bonchev–Trinajstić information content (AvgIpc) is 2.44. The minimum Gasteiger partial charge on any atom is -0.314 e. The van der Waals surface area contributed by atoms with Crippen LogP contribution in [0.4, 0.5) is 0 Å². The first-order valence-corrected chi connectivity index (χ1v) is 6.32. The van der Waals surface area contributed by atoms with Gasteiger partial charge in [0.1, 0.15) is 0 Å². The molecule has 2 aliphatic heterocycles. The van der Waals surface area contributed by atoms with Crippen LogP contribution in [-0.2, 0) is 0 Å². The van der Waals surface area contributed by atoms with E-state index in [1.165, 1.54) is 58.3 Å². The molecule has 2 nitrogen and oxygen atoms in total. The van der Waals surface area contributed by atoms with Crippen molar-refractivity contribution in [3.63, 3.8) is 0 Å². The Labute approximate surface area is 88.1 Å². The van der Waals surface area contributed by atoms with Gasteiger partial charge in [-0.25, -0.2) is 0 Å². The van der Waals surface area contributed by atoms with E-state index in [2.05, 4.69) is 17.1 Å². The Bertz CT molecular complexity index is 162. The van der Waals surface area contributed by atoms with E-state index in [9.17, 15) is 0 Å². The molecule has 0 saturated carbocycles. The van der Waals surface area contributed by atoms with Gasteiger partial charge in [0.15, 0.2) is 0 Å². The molecule has 2 fully saturated rings. The zero-order valence-corrected chi connectivity index (χ0v) is 9.47. The van der Waals surface area contributed by atoms with E-state index in [-0.39, 0.29) is 0 Å². The summed E-state index contributed by atoms with van der Waals surface area (Å²) in [5, 5.41) is 3.55. The Hall–Kier alpha value is -0.0800. The quantitative estimate of drug-likeness (QED) is 0.725. The lowest BCUT2D eigenvalue weighted by Gasteiger charge is -2.25. The molecular formula is C12H24N2. The number of likely N-dealkylation sites (tertiary alicyclic amines) is 1. The van der Waals surface area contributed by atoms with E-state index in [1.807, 2.05) is 0 Å². The number of nitrogens with zero attached hydrogens (tertiary/aromatic N) is 1. The highest BCUT2D eigenvalue weighted by Crippen LogP contribution is 2.18. The molecule has 14 heavy (non-hydrogen) atoms. The molecule has 0 bridgehead atoms. The third-order valence-corrected chi connectivity index (χ3v) is 3.88. The molecule has 2 atom stereocenters. The van der Waals surface area contributed by atoms with Gasteiger partial charge in [0.05, 0.1) is 0 Å². The predicted octanol–water partition coefficient (Wildman–Crippen LogP) is 1.86. The van der Waals surface area contributed by atoms with E-state index in [4.69, 9.17) is 0 Å². The lowest BCUT2D eigenvalue weighted by Crippen LogP contribution is -2.35. The van der Waals surface area contributed by atoms with Gasteiger partial charge in [-0.05, 0) is 51.7 Å². The fraction of sp³-hybridized carbons (Fsp3) is 1.00. The van der Waals surface area contributed by atoms with Crippen molar-refractivity contribution in [3.05, 3.63) is 0 Å². The molecule has 2 saturated heterocycles. The van der Waals surface area contributed by atoms with Gasteiger partial charge in [0.25, 0.3) is 0 Å². The van der Waals surface area contributed by atoms with Crippen LogP contribution in [0, 0.1) is 5.92 Å². The molecule has 0 aromatic carbocycles. The van der Waals surface area contributed by atoms with Crippen molar-refractivity contribution >= 4 is 0 Å². The van der Waals surface area contributed by atoms with Gasteiger partial charge in [-0.2, -0.15) is 0 Å². The molecule has 0 amide bonds. The molecule has 2 rings (SSSR count). The summed E-state index contributed by atoms with van der Waals surface area (Å²) in [6, 6.07) is 0.748. The fourth-order valence-electron chi connectivity index (χ4n) is 2.81. The summed E-state index contributed by atoms with van der Waals surface area (Å²) in [4.78, 5) is 2.70. The molecule has 2 heterocycles. The summed E-state index contributed by atoms with van der Waals surface area (Å²) in [7, 11) is 0. The van der Waals surface area contributed by atoms with Crippen molar-refractivity contribution < 1.29 is 0 Å². The molecule has 82 valence electrons. The Kier molecular flexibility index (Phi) is 3.82. The first kappa shape index (κ1) is 10.4.